The average molecular weight is 611 g/mol. The number of nitro benzene ring substituents is 1. The fourth-order valence-electron chi connectivity index (χ4n) is 4.20. The number of benzene rings is 1. The van der Waals surface area contributed by atoms with E-state index in [0.29, 0.717) is 12.8 Å². The zero-order valence-corrected chi connectivity index (χ0v) is 28.2. The summed E-state index contributed by atoms with van der Waals surface area (Å²) in [5.74, 6) is -1.12. The number of ether oxygens (including phenoxy) is 3. The van der Waals surface area contributed by atoms with E-state index in [9.17, 15) is 24.8 Å². The van der Waals surface area contributed by atoms with Crippen LogP contribution in [0.25, 0.3) is 0 Å². The lowest BCUT2D eigenvalue weighted by molar-refractivity contribution is -0.385. The third kappa shape index (κ3) is 10.5. The molecule has 0 radical (unpaired) electrons. The highest BCUT2D eigenvalue weighted by Gasteiger charge is 2.38. The third-order valence-electron chi connectivity index (χ3n) is 7.27. The summed E-state index contributed by atoms with van der Waals surface area (Å²) in [6, 6.07) is 2.83. The fraction of sp³-hybridized carbons (Fsp3) is 0.733. The first-order chi connectivity index (χ1) is 19.0. The van der Waals surface area contributed by atoms with Crippen LogP contribution in [0.4, 0.5) is 11.4 Å². The average Bonchev–Trinajstić information content (AvgIpc) is 3.18. The maximum absolute atomic E-state index is 13.0. The molecule has 0 heterocycles. The smallest absolute Gasteiger partial charge is 0.326 e. The largest absolute Gasteiger partial charge is 0.485 e. The molecule has 0 spiro atoms. The fourth-order valence-corrected chi connectivity index (χ4v) is 5.14. The summed E-state index contributed by atoms with van der Waals surface area (Å²) in [6.45, 7) is 20.0. The summed E-state index contributed by atoms with van der Waals surface area (Å²) in [5.41, 5.74) is -1.23. The molecule has 0 unspecified atom stereocenters. The van der Waals surface area contributed by atoms with Gasteiger partial charge in [0.25, 0.3) is 5.69 Å². The highest BCUT2D eigenvalue weighted by Crippen LogP contribution is 2.41. The van der Waals surface area contributed by atoms with Crippen LogP contribution < -0.4 is 9.64 Å². The second kappa shape index (κ2) is 13.3. The number of esters is 2. The maximum atomic E-state index is 13.0. The maximum Gasteiger partial charge on any atom is 0.326 e. The molecule has 1 aliphatic carbocycles. The van der Waals surface area contributed by atoms with E-state index in [4.69, 9.17) is 18.6 Å². The Morgan fingerprint density at radius 1 is 0.976 bits per heavy atom. The van der Waals surface area contributed by atoms with Gasteiger partial charge in [0.2, 0.25) is 0 Å². The molecule has 2 rings (SSSR count). The van der Waals surface area contributed by atoms with Gasteiger partial charge in [-0.05, 0) is 85.0 Å². The molecule has 42 heavy (non-hydrogen) atoms. The van der Waals surface area contributed by atoms with Crippen LogP contribution in [0, 0.1) is 10.1 Å². The molecular weight excluding hydrogens is 560 g/mol. The van der Waals surface area contributed by atoms with Crippen LogP contribution in [0.3, 0.4) is 0 Å². The summed E-state index contributed by atoms with van der Waals surface area (Å²) in [6.07, 6.45) is 0.496. The van der Waals surface area contributed by atoms with Crippen LogP contribution in [0.5, 0.6) is 5.75 Å². The Labute approximate surface area is 251 Å². The number of anilines is 1. The summed E-state index contributed by atoms with van der Waals surface area (Å²) in [5, 5.41) is 22.6. The van der Waals surface area contributed by atoms with Crippen LogP contribution in [-0.4, -0.2) is 66.8 Å². The van der Waals surface area contributed by atoms with E-state index < -0.39 is 48.6 Å². The van der Waals surface area contributed by atoms with Gasteiger partial charge >= 0.3 is 11.9 Å². The topological polar surface area (TPSA) is 138 Å². The molecule has 0 aliphatic heterocycles. The van der Waals surface area contributed by atoms with E-state index in [2.05, 4.69) is 33.9 Å². The summed E-state index contributed by atoms with van der Waals surface area (Å²) >= 11 is 0. The Balaban J connectivity index is 2.68. The van der Waals surface area contributed by atoms with Crippen LogP contribution >= 0.6 is 0 Å². The SMILES string of the molecule is CC(C)(C)OC(=O)CN(CC(=O)OC(C)(C)C)c1cc(CO[Si](C)(C)C(C)(C)C)c([N+](=O)[O-])cc1O[C@@H]1CCC[C@H]1O. The molecule has 0 amide bonds. The van der Waals surface area contributed by atoms with E-state index in [0.717, 1.165) is 6.42 Å². The van der Waals surface area contributed by atoms with Crippen molar-refractivity contribution < 1.29 is 38.3 Å². The molecular formula is C30H50N2O9Si. The van der Waals surface area contributed by atoms with Crippen molar-refractivity contribution in [3.05, 3.63) is 27.8 Å². The van der Waals surface area contributed by atoms with Gasteiger partial charge in [0.1, 0.15) is 36.1 Å². The second-order valence-electron chi connectivity index (χ2n) is 14.4. The van der Waals surface area contributed by atoms with Gasteiger partial charge in [-0.25, -0.2) is 0 Å². The first-order valence-electron chi connectivity index (χ1n) is 14.5. The molecule has 0 aromatic heterocycles. The highest BCUT2D eigenvalue weighted by molar-refractivity contribution is 6.74. The number of hydrogen-bond acceptors (Lipinski definition) is 10. The molecule has 1 aliphatic rings. The molecule has 1 N–H and O–H groups in total. The number of carbonyl (C=O) groups is 2. The molecule has 238 valence electrons. The van der Waals surface area contributed by atoms with E-state index in [1.54, 1.807) is 41.5 Å². The van der Waals surface area contributed by atoms with Gasteiger partial charge in [-0.15, -0.1) is 0 Å². The van der Waals surface area contributed by atoms with Gasteiger partial charge in [-0.1, -0.05) is 20.8 Å². The molecule has 1 saturated carbocycles. The monoisotopic (exact) mass is 610 g/mol. The van der Waals surface area contributed by atoms with Crippen molar-refractivity contribution >= 4 is 31.6 Å². The number of nitrogens with zero attached hydrogens (tertiary/aromatic N) is 2. The molecule has 2 atom stereocenters. The van der Waals surface area contributed by atoms with Crippen LogP contribution in [0.1, 0.15) is 87.1 Å². The summed E-state index contributed by atoms with van der Waals surface area (Å²) in [4.78, 5) is 39.2. The Morgan fingerprint density at radius 2 is 1.50 bits per heavy atom. The van der Waals surface area contributed by atoms with Crippen molar-refractivity contribution in [1.29, 1.82) is 0 Å². The van der Waals surface area contributed by atoms with E-state index in [-0.39, 0.29) is 47.4 Å². The highest BCUT2D eigenvalue weighted by atomic mass is 28.4. The minimum absolute atomic E-state index is 0.0428. The quantitative estimate of drug-likeness (QED) is 0.139. The molecule has 12 heteroatoms. The Bertz CT molecular complexity index is 1100. The molecule has 11 nitrogen and oxygen atoms in total. The van der Waals surface area contributed by atoms with Crippen molar-refractivity contribution in [2.45, 2.75) is 130 Å². The lowest BCUT2D eigenvalue weighted by Crippen LogP contribution is -2.41. The van der Waals surface area contributed by atoms with E-state index in [1.807, 2.05) is 0 Å². The molecule has 0 saturated heterocycles. The second-order valence-corrected chi connectivity index (χ2v) is 19.2. The number of aliphatic hydroxyl groups is 1. The number of aliphatic hydroxyl groups excluding tert-OH is 1. The van der Waals surface area contributed by atoms with Gasteiger partial charge in [0.05, 0.1) is 35.0 Å². The van der Waals surface area contributed by atoms with Gasteiger partial charge < -0.3 is 28.6 Å². The lowest BCUT2D eigenvalue weighted by Gasteiger charge is -2.36. The number of rotatable bonds is 11. The molecule has 1 aromatic carbocycles. The van der Waals surface area contributed by atoms with Crippen molar-refractivity contribution in [3.8, 4) is 5.75 Å². The van der Waals surface area contributed by atoms with Gasteiger partial charge in [0, 0.05) is 0 Å². The van der Waals surface area contributed by atoms with Gasteiger partial charge in [-0.3, -0.25) is 19.7 Å². The molecule has 1 aromatic rings. The van der Waals surface area contributed by atoms with Gasteiger partial charge in [0.15, 0.2) is 8.32 Å². The molecule has 0 bridgehead atoms. The Morgan fingerprint density at radius 3 is 1.90 bits per heavy atom. The third-order valence-corrected chi connectivity index (χ3v) is 11.7. The normalized spacial score (nSPS) is 18.0. The standard InChI is InChI=1S/C30H50N2O9Si/c1-28(2,3)40-26(34)17-31(18-27(35)41-29(4,5)6)22-15-20(19-38-42(10,11)30(7,8)9)21(32(36)37)16-25(22)39-24-14-12-13-23(24)33/h15-16,23-24,33H,12-14,17-19H2,1-11H3/t23-,24-/m1/s1. The minimum atomic E-state index is -2.30. The zero-order chi connectivity index (χ0) is 32.3. The number of nitro groups is 1. The Hall–Kier alpha value is -2.70. The van der Waals surface area contributed by atoms with Crippen molar-refractivity contribution in [3.63, 3.8) is 0 Å². The lowest BCUT2D eigenvalue weighted by atomic mass is 10.1. The first-order valence-corrected chi connectivity index (χ1v) is 17.4. The van der Waals surface area contributed by atoms with Crippen molar-refractivity contribution in [1.82, 2.24) is 0 Å². The van der Waals surface area contributed by atoms with Crippen molar-refractivity contribution in [2.24, 2.45) is 0 Å². The van der Waals surface area contributed by atoms with E-state index in [1.165, 1.54) is 17.0 Å². The first kappa shape index (κ1) is 35.5. The predicted octanol–water partition coefficient (Wildman–Crippen LogP) is 5.90. The minimum Gasteiger partial charge on any atom is -0.485 e. The predicted molar refractivity (Wildman–Crippen MR) is 163 cm³/mol. The number of hydrogen-bond donors (Lipinski definition) is 1. The molecule has 1 fully saturated rings. The van der Waals surface area contributed by atoms with Crippen LogP contribution in [-0.2, 0) is 30.1 Å². The van der Waals surface area contributed by atoms with Crippen LogP contribution in [0.15, 0.2) is 12.1 Å². The Kier molecular flexibility index (Phi) is 11.2. The van der Waals surface area contributed by atoms with Crippen molar-refractivity contribution in [2.75, 3.05) is 18.0 Å². The number of carbonyl (C=O) groups excluding carboxylic acids is 2. The van der Waals surface area contributed by atoms with Crippen LogP contribution in [0.2, 0.25) is 18.1 Å². The van der Waals surface area contributed by atoms with E-state index >= 15 is 0 Å². The zero-order valence-electron chi connectivity index (χ0n) is 27.2. The van der Waals surface area contributed by atoms with Gasteiger partial charge in [-0.2, -0.15) is 0 Å². The summed E-state index contributed by atoms with van der Waals surface area (Å²) < 4.78 is 23.6. The summed E-state index contributed by atoms with van der Waals surface area (Å²) in [7, 11) is -2.30.